The minimum Gasteiger partial charge on any atom is -0.364 e. The fraction of sp³-hybridized carbons (Fsp3) is 0.867. The van der Waals surface area contributed by atoms with Crippen LogP contribution in [-0.2, 0) is 4.84 Å². The largest absolute Gasteiger partial charge is 0.364 e. The fourth-order valence-electron chi connectivity index (χ4n) is 3.98. The van der Waals surface area contributed by atoms with E-state index in [0.717, 1.165) is 12.3 Å². The van der Waals surface area contributed by atoms with Crippen molar-refractivity contribution < 1.29 is 4.84 Å². The van der Waals surface area contributed by atoms with E-state index in [-0.39, 0.29) is 0 Å². The molecule has 2 rings (SSSR count). The molecule has 2 aliphatic rings. The summed E-state index contributed by atoms with van der Waals surface area (Å²) in [7, 11) is 0. The van der Waals surface area contributed by atoms with Crippen molar-refractivity contribution in [3.63, 3.8) is 0 Å². The van der Waals surface area contributed by atoms with Gasteiger partial charge in [0.1, 0.15) is 6.61 Å². The third-order valence-corrected chi connectivity index (χ3v) is 5.50. The molecule has 0 aromatic heterocycles. The molecule has 2 fully saturated rings. The van der Waals surface area contributed by atoms with Gasteiger partial charge in [0.15, 0.2) is 5.34 Å². The molecule has 0 bridgehead atoms. The number of rotatable bonds is 4. The van der Waals surface area contributed by atoms with E-state index in [2.05, 4.69) is 38.0 Å². The van der Waals surface area contributed by atoms with Crippen LogP contribution < -0.4 is 0 Å². The van der Waals surface area contributed by atoms with Gasteiger partial charge in [0.05, 0.1) is 0 Å². The van der Waals surface area contributed by atoms with Crippen molar-refractivity contribution in [1.82, 2.24) is 0 Å². The molecule has 0 aromatic rings. The van der Waals surface area contributed by atoms with Crippen molar-refractivity contribution in [2.75, 3.05) is 6.61 Å². The number of hydrogen-bond donors (Lipinski definition) is 0. The number of halogens is 1. The maximum Gasteiger partial charge on any atom is 0.155 e. The number of hydrogen-bond acceptors (Lipinski definition) is 3. The third kappa shape index (κ3) is 3.59. The van der Waals surface area contributed by atoms with E-state index in [4.69, 9.17) is 0 Å². The molecule has 0 heterocycles. The lowest BCUT2D eigenvalue weighted by molar-refractivity contribution is 0.0777. The van der Waals surface area contributed by atoms with E-state index in [1.807, 2.05) is 13.8 Å². The predicted octanol–water partition coefficient (Wildman–Crippen LogP) is 5.60. The minimum atomic E-state index is 0.407. The summed E-state index contributed by atoms with van der Waals surface area (Å²) >= 11 is 3.51. The third-order valence-electron chi connectivity index (χ3n) is 4.91. The van der Waals surface area contributed by atoms with E-state index >= 15 is 0 Å². The molecule has 0 amide bonds. The lowest BCUT2D eigenvalue weighted by atomic mass is 9.63. The highest BCUT2D eigenvalue weighted by Crippen LogP contribution is 2.58. The van der Waals surface area contributed by atoms with Gasteiger partial charge in [-0.05, 0) is 60.8 Å². The molecule has 0 saturated heterocycles. The molecule has 3 unspecified atom stereocenters. The van der Waals surface area contributed by atoms with Gasteiger partial charge >= 0.3 is 0 Å². The van der Waals surface area contributed by atoms with Crippen LogP contribution in [0.15, 0.2) is 15.9 Å². The van der Waals surface area contributed by atoms with Gasteiger partial charge in [0.2, 0.25) is 0 Å². The summed E-state index contributed by atoms with van der Waals surface area (Å²) in [4.78, 5) is 16.7. The Morgan fingerprint density at radius 3 is 2.84 bits per heavy atom. The van der Waals surface area contributed by atoms with Crippen molar-refractivity contribution in [2.45, 2.75) is 59.3 Å². The Morgan fingerprint density at radius 2 is 2.21 bits per heavy atom. The second kappa shape index (κ2) is 8.03. The van der Waals surface area contributed by atoms with Gasteiger partial charge in [-0.2, -0.15) is 0 Å². The summed E-state index contributed by atoms with van der Waals surface area (Å²) in [6, 6.07) is 0. The highest BCUT2D eigenvalue weighted by Gasteiger charge is 2.48. The Labute approximate surface area is 125 Å². The molecule has 0 spiro atoms. The topological polar surface area (TPSA) is 38.7 Å². The zero-order chi connectivity index (χ0) is 14.3. The first-order chi connectivity index (χ1) is 9.22. The summed E-state index contributed by atoms with van der Waals surface area (Å²) in [6.07, 6.45) is 7.34. The first-order valence-electron chi connectivity index (χ1n) is 7.46. The highest BCUT2D eigenvalue weighted by atomic mass is 79.9. The second-order valence-electron chi connectivity index (χ2n) is 5.57. The average molecular weight is 332 g/mol. The molecule has 19 heavy (non-hydrogen) atoms. The summed E-state index contributed by atoms with van der Waals surface area (Å²) in [5.74, 6) is 1.40. The van der Waals surface area contributed by atoms with Crippen LogP contribution in [0.4, 0.5) is 0 Å². The normalized spacial score (nSPS) is 35.3. The van der Waals surface area contributed by atoms with E-state index in [1.165, 1.54) is 32.1 Å². The van der Waals surface area contributed by atoms with Gasteiger partial charge in [-0.3, -0.25) is 0 Å². The van der Waals surface area contributed by atoms with Crippen LogP contribution >= 0.6 is 15.9 Å². The maximum absolute atomic E-state index is 9.95. The van der Waals surface area contributed by atoms with Crippen molar-refractivity contribution in [3.05, 3.63) is 15.5 Å². The lowest BCUT2D eigenvalue weighted by Gasteiger charge is -2.42. The SMILES string of the molecule is CC.CC12CCC/C(=C\Br)C1CCC2CCON=O. The number of allylic oxidation sites excluding steroid dienone is 1. The predicted molar refractivity (Wildman–Crippen MR) is 82.9 cm³/mol. The van der Waals surface area contributed by atoms with Gasteiger partial charge in [-0.25, -0.2) is 0 Å². The minimum absolute atomic E-state index is 0.407. The number of nitrogens with zero attached hydrogens (tertiary/aromatic N) is 1. The maximum atomic E-state index is 9.95. The number of fused-ring (bicyclic) bond motifs is 1. The second-order valence-corrected chi connectivity index (χ2v) is 6.02. The van der Waals surface area contributed by atoms with Crippen LogP contribution in [0.3, 0.4) is 0 Å². The lowest BCUT2D eigenvalue weighted by Crippen LogP contribution is -2.33. The van der Waals surface area contributed by atoms with Crippen molar-refractivity contribution in [2.24, 2.45) is 22.6 Å². The fourth-order valence-corrected chi connectivity index (χ4v) is 4.53. The molecule has 4 heteroatoms. The van der Waals surface area contributed by atoms with Gasteiger partial charge < -0.3 is 4.84 Å². The first kappa shape index (κ1) is 16.7. The van der Waals surface area contributed by atoms with Gasteiger partial charge in [0, 0.05) is 0 Å². The van der Waals surface area contributed by atoms with E-state index in [1.54, 1.807) is 5.57 Å². The van der Waals surface area contributed by atoms with Crippen LogP contribution in [-0.4, -0.2) is 6.61 Å². The Morgan fingerprint density at radius 1 is 1.47 bits per heavy atom. The molecule has 110 valence electrons. The molecule has 3 atom stereocenters. The molecule has 3 nitrogen and oxygen atoms in total. The van der Waals surface area contributed by atoms with Crippen LogP contribution in [0.1, 0.15) is 59.3 Å². The standard InChI is InChI=1S/C13H20BrNO2.C2H6/c1-13-7-2-3-10(9-14)12(13)5-4-11(13)6-8-17-15-16;1-2/h9,11-12H,2-8H2,1H3;1-2H3/b10-9+;. The molecule has 2 saturated carbocycles. The molecule has 2 aliphatic carbocycles. The first-order valence-corrected chi connectivity index (χ1v) is 8.37. The smallest absolute Gasteiger partial charge is 0.155 e. The Balaban J connectivity index is 0.000000861. The van der Waals surface area contributed by atoms with Crippen LogP contribution in [0.25, 0.3) is 0 Å². The summed E-state index contributed by atoms with van der Waals surface area (Å²) in [5, 5.41) is 2.49. The van der Waals surface area contributed by atoms with Gasteiger partial charge in [-0.1, -0.05) is 42.3 Å². The molecule has 0 aromatic carbocycles. The molecule has 0 radical (unpaired) electrons. The van der Waals surface area contributed by atoms with Crippen LogP contribution in [0.2, 0.25) is 0 Å². The van der Waals surface area contributed by atoms with Crippen molar-refractivity contribution in [1.29, 1.82) is 0 Å². The van der Waals surface area contributed by atoms with Crippen LogP contribution in [0.5, 0.6) is 0 Å². The summed E-state index contributed by atoms with van der Waals surface area (Å²) in [6.45, 7) is 6.89. The quantitative estimate of drug-likeness (QED) is 0.382. The molecule has 0 aliphatic heterocycles. The Hall–Kier alpha value is -0.380. The highest BCUT2D eigenvalue weighted by molar-refractivity contribution is 9.11. The molecular weight excluding hydrogens is 306 g/mol. The molecule has 0 N–H and O–H groups in total. The van der Waals surface area contributed by atoms with E-state index < -0.39 is 0 Å². The van der Waals surface area contributed by atoms with E-state index in [0.29, 0.717) is 17.9 Å². The zero-order valence-corrected chi connectivity index (χ0v) is 13.9. The summed E-state index contributed by atoms with van der Waals surface area (Å²) < 4.78 is 0. The zero-order valence-electron chi connectivity index (χ0n) is 12.3. The Bertz CT molecular complexity index is 319. The van der Waals surface area contributed by atoms with Crippen LogP contribution in [0, 0.1) is 22.2 Å². The average Bonchev–Trinajstić information content (AvgIpc) is 2.78. The summed E-state index contributed by atoms with van der Waals surface area (Å²) in [5.41, 5.74) is 1.99. The monoisotopic (exact) mass is 331 g/mol. The van der Waals surface area contributed by atoms with E-state index in [9.17, 15) is 4.91 Å². The van der Waals surface area contributed by atoms with Gasteiger partial charge in [-0.15, -0.1) is 4.91 Å². The van der Waals surface area contributed by atoms with Crippen molar-refractivity contribution >= 4 is 15.9 Å². The van der Waals surface area contributed by atoms with Gasteiger partial charge in [0.25, 0.3) is 0 Å². The van der Waals surface area contributed by atoms with Crippen molar-refractivity contribution in [3.8, 4) is 0 Å². The Kier molecular flexibility index (Phi) is 7.05. The molecular formula is C15H26BrNO2.